The number of ether oxygens (including phenoxy) is 1. The van der Waals surface area contributed by atoms with E-state index in [9.17, 15) is 4.79 Å². The molecular weight excluding hydrogens is 492 g/mol. The lowest BCUT2D eigenvalue weighted by molar-refractivity contribution is 0.0974. The number of halogens is 1. The Labute approximate surface area is 212 Å². The fraction of sp³-hybridized carbons (Fsp3) is 0.481. The summed E-state index contributed by atoms with van der Waals surface area (Å²) in [6, 6.07) is 12.1. The van der Waals surface area contributed by atoms with Crippen LogP contribution in [-0.4, -0.2) is 49.6 Å². The number of amides is 1. The van der Waals surface area contributed by atoms with Crippen molar-refractivity contribution in [3.8, 4) is 5.75 Å². The van der Waals surface area contributed by atoms with Crippen LogP contribution < -0.4 is 15.4 Å². The third-order valence-corrected chi connectivity index (χ3v) is 7.26. The summed E-state index contributed by atoms with van der Waals surface area (Å²) in [5.41, 5.74) is 4.10. The van der Waals surface area contributed by atoms with E-state index in [4.69, 9.17) is 10.1 Å². The largest absolute Gasteiger partial charge is 0.496 e. The van der Waals surface area contributed by atoms with Crippen LogP contribution in [0.25, 0.3) is 0 Å². The molecule has 2 aromatic carbocycles. The lowest BCUT2D eigenvalue weighted by Crippen LogP contribution is -2.45. The first kappa shape index (κ1) is 26.2. The number of guanidine groups is 1. The number of methoxy groups -OCH3 is 1. The van der Waals surface area contributed by atoms with Crippen LogP contribution in [0.2, 0.25) is 0 Å². The second kappa shape index (κ2) is 12.4. The molecule has 6 nitrogen and oxygen atoms in total. The maximum Gasteiger partial charge on any atom is 0.258 e. The molecule has 184 valence electrons. The molecule has 0 heterocycles. The Morgan fingerprint density at radius 2 is 2.03 bits per heavy atom. The Morgan fingerprint density at radius 3 is 2.74 bits per heavy atom. The summed E-state index contributed by atoms with van der Waals surface area (Å²) in [6.45, 7) is 9.36. The second-order valence-corrected chi connectivity index (χ2v) is 9.87. The third-order valence-electron chi connectivity index (χ3n) is 6.76. The van der Waals surface area contributed by atoms with Crippen molar-refractivity contribution >= 4 is 27.8 Å². The van der Waals surface area contributed by atoms with Crippen LogP contribution in [0.4, 0.5) is 0 Å². The Bertz CT molecular complexity index is 1010. The van der Waals surface area contributed by atoms with Crippen LogP contribution in [0.15, 0.2) is 40.9 Å². The zero-order chi connectivity index (χ0) is 24.7. The molecule has 0 radical (unpaired) electrons. The smallest absolute Gasteiger partial charge is 0.258 e. The van der Waals surface area contributed by atoms with Crippen molar-refractivity contribution in [3.05, 3.63) is 63.1 Å². The van der Waals surface area contributed by atoms with E-state index in [-0.39, 0.29) is 23.8 Å². The van der Waals surface area contributed by atoms with Gasteiger partial charge in [-0.15, -0.1) is 0 Å². The highest BCUT2D eigenvalue weighted by molar-refractivity contribution is 9.10. The van der Waals surface area contributed by atoms with Gasteiger partial charge in [0.15, 0.2) is 5.96 Å². The standard InChI is InChI=1S/C27H37BrN4O2/c1-5-32(6-2)15-14-18(3)30-27(29)31-26(33)22-9-7-8-19-10-11-20(16-23(19)22)24-17-21(28)12-13-25(24)34-4/h7-9,12-13,17-18,20H,5-6,10-11,14-16H2,1-4H3,(H3,29,30,31,33). The molecule has 0 saturated carbocycles. The summed E-state index contributed by atoms with van der Waals surface area (Å²) in [7, 11) is 1.70. The molecule has 34 heavy (non-hydrogen) atoms. The van der Waals surface area contributed by atoms with E-state index in [1.165, 1.54) is 5.56 Å². The van der Waals surface area contributed by atoms with E-state index < -0.39 is 0 Å². The third kappa shape index (κ3) is 6.60. The average molecular weight is 530 g/mol. The number of rotatable bonds is 9. The second-order valence-electron chi connectivity index (χ2n) is 8.96. The number of carbonyl (C=O) groups excluding carboxylic acids is 1. The van der Waals surface area contributed by atoms with Crippen molar-refractivity contribution in [2.75, 3.05) is 26.7 Å². The van der Waals surface area contributed by atoms with Crippen molar-refractivity contribution in [3.63, 3.8) is 0 Å². The lowest BCUT2D eigenvalue weighted by Gasteiger charge is -2.28. The van der Waals surface area contributed by atoms with Crippen molar-refractivity contribution in [1.82, 2.24) is 15.5 Å². The van der Waals surface area contributed by atoms with Crippen LogP contribution >= 0.6 is 15.9 Å². The molecule has 0 bridgehead atoms. The van der Waals surface area contributed by atoms with Gasteiger partial charge in [0.2, 0.25) is 0 Å². The monoisotopic (exact) mass is 528 g/mol. The number of hydrogen-bond acceptors (Lipinski definition) is 4. The zero-order valence-electron chi connectivity index (χ0n) is 20.7. The molecule has 0 spiro atoms. The number of carbonyl (C=O) groups is 1. The summed E-state index contributed by atoms with van der Waals surface area (Å²) in [5, 5.41) is 14.2. The first-order chi connectivity index (χ1) is 16.4. The molecule has 1 aliphatic rings. The van der Waals surface area contributed by atoms with Gasteiger partial charge in [0.05, 0.1) is 7.11 Å². The number of hydrogen-bond donors (Lipinski definition) is 3. The van der Waals surface area contributed by atoms with Crippen LogP contribution in [0.5, 0.6) is 5.75 Å². The quantitative estimate of drug-likeness (QED) is 0.312. The van der Waals surface area contributed by atoms with Gasteiger partial charge < -0.3 is 15.0 Å². The first-order valence-electron chi connectivity index (χ1n) is 12.2. The Kier molecular flexibility index (Phi) is 9.54. The molecule has 2 atom stereocenters. The molecule has 1 aliphatic carbocycles. The Hall–Kier alpha value is -2.38. The van der Waals surface area contributed by atoms with Crippen LogP contribution in [0.3, 0.4) is 0 Å². The van der Waals surface area contributed by atoms with Crippen molar-refractivity contribution in [1.29, 1.82) is 5.41 Å². The van der Waals surface area contributed by atoms with E-state index in [1.807, 2.05) is 31.2 Å². The molecule has 2 unspecified atom stereocenters. The fourth-order valence-electron chi connectivity index (χ4n) is 4.74. The molecular formula is C27H37BrN4O2. The summed E-state index contributed by atoms with van der Waals surface area (Å²) >= 11 is 3.58. The van der Waals surface area contributed by atoms with Gasteiger partial charge in [0, 0.05) is 22.6 Å². The maximum absolute atomic E-state index is 13.2. The zero-order valence-corrected chi connectivity index (χ0v) is 22.3. The average Bonchev–Trinajstić information content (AvgIpc) is 2.83. The van der Waals surface area contributed by atoms with Crippen LogP contribution in [-0.2, 0) is 12.8 Å². The maximum atomic E-state index is 13.2. The van der Waals surface area contributed by atoms with Gasteiger partial charge in [0.25, 0.3) is 5.91 Å². The van der Waals surface area contributed by atoms with Crippen LogP contribution in [0, 0.1) is 5.41 Å². The van der Waals surface area contributed by atoms with Gasteiger partial charge in [-0.3, -0.25) is 15.5 Å². The van der Waals surface area contributed by atoms with Gasteiger partial charge >= 0.3 is 0 Å². The predicted molar refractivity (Wildman–Crippen MR) is 142 cm³/mol. The Morgan fingerprint density at radius 1 is 1.26 bits per heavy atom. The number of fused-ring (bicyclic) bond motifs is 1. The van der Waals surface area contributed by atoms with E-state index >= 15 is 0 Å². The van der Waals surface area contributed by atoms with Gasteiger partial charge in [-0.05, 0) is 92.6 Å². The Balaban J connectivity index is 1.69. The predicted octanol–water partition coefficient (Wildman–Crippen LogP) is 5.10. The van der Waals surface area contributed by atoms with Crippen molar-refractivity contribution in [2.24, 2.45) is 0 Å². The summed E-state index contributed by atoms with van der Waals surface area (Å²) in [6.07, 6.45) is 3.60. The summed E-state index contributed by atoms with van der Waals surface area (Å²) in [4.78, 5) is 15.5. The normalized spacial score (nSPS) is 16.0. The number of nitrogens with one attached hydrogen (secondary N) is 3. The molecule has 1 amide bonds. The van der Waals surface area contributed by atoms with Crippen molar-refractivity contribution < 1.29 is 9.53 Å². The summed E-state index contributed by atoms with van der Waals surface area (Å²) in [5.74, 6) is 0.970. The minimum Gasteiger partial charge on any atom is -0.496 e. The fourth-order valence-corrected chi connectivity index (χ4v) is 5.12. The topological polar surface area (TPSA) is 77.5 Å². The minimum atomic E-state index is -0.229. The number of benzene rings is 2. The minimum absolute atomic E-state index is 0.0515. The van der Waals surface area contributed by atoms with Crippen LogP contribution in [0.1, 0.15) is 66.6 Å². The van der Waals surface area contributed by atoms with E-state index in [2.05, 4.69) is 57.4 Å². The van der Waals surface area contributed by atoms with Gasteiger partial charge in [-0.25, -0.2) is 0 Å². The van der Waals surface area contributed by atoms with Crippen molar-refractivity contribution in [2.45, 2.75) is 58.4 Å². The molecule has 3 rings (SSSR count). The van der Waals surface area contributed by atoms with Gasteiger partial charge in [-0.1, -0.05) is 41.9 Å². The van der Waals surface area contributed by atoms with E-state index in [0.717, 1.165) is 66.7 Å². The highest BCUT2D eigenvalue weighted by atomic mass is 79.9. The molecule has 2 aromatic rings. The van der Waals surface area contributed by atoms with E-state index in [0.29, 0.717) is 5.56 Å². The lowest BCUT2D eigenvalue weighted by atomic mass is 9.78. The van der Waals surface area contributed by atoms with E-state index in [1.54, 1.807) is 7.11 Å². The van der Waals surface area contributed by atoms with Gasteiger partial charge in [0.1, 0.15) is 5.75 Å². The molecule has 0 aromatic heterocycles. The highest BCUT2D eigenvalue weighted by Crippen LogP contribution is 2.39. The summed E-state index contributed by atoms with van der Waals surface area (Å²) < 4.78 is 6.64. The molecule has 7 heteroatoms. The molecule has 0 aliphatic heterocycles. The molecule has 3 N–H and O–H groups in total. The number of nitrogens with zero attached hydrogens (tertiary/aromatic N) is 1. The van der Waals surface area contributed by atoms with Gasteiger partial charge in [-0.2, -0.15) is 0 Å². The molecule has 0 saturated heterocycles. The highest BCUT2D eigenvalue weighted by Gasteiger charge is 2.27. The molecule has 0 fully saturated rings. The number of aryl methyl sites for hydroxylation is 1. The SMILES string of the molecule is CCN(CC)CCC(C)NC(=N)NC(=O)c1cccc2c1CC(c1cc(Br)ccc1OC)CC2. The first-order valence-corrected chi connectivity index (χ1v) is 13.0.